The number of H-pyrrole nitrogens is 1. The van der Waals surface area contributed by atoms with Gasteiger partial charge in [0, 0.05) is 17.1 Å². The van der Waals surface area contributed by atoms with Gasteiger partial charge in [-0.15, -0.1) is 0 Å². The van der Waals surface area contributed by atoms with Crippen LogP contribution in [0.5, 0.6) is 5.75 Å². The molecule has 0 aliphatic carbocycles. The van der Waals surface area contributed by atoms with Crippen molar-refractivity contribution in [2.75, 3.05) is 7.11 Å². The van der Waals surface area contributed by atoms with Crippen LogP contribution in [-0.4, -0.2) is 17.1 Å². The number of hydrogen-bond acceptors (Lipinski definition) is 3. The highest BCUT2D eigenvalue weighted by Gasteiger charge is 2.10. The molecule has 0 saturated heterocycles. The summed E-state index contributed by atoms with van der Waals surface area (Å²) in [6, 6.07) is 11.7. The summed E-state index contributed by atoms with van der Waals surface area (Å²) in [6.07, 6.45) is 1.58. The highest BCUT2D eigenvalue weighted by Crippen LogP contribution is 2.32. The fourth-order valence-electron chi connectivity index (χ4n) is 2.17. The van der Waals surface area contributed by atoms with Crippen LogP contribution in [0.4, 0.5) is 0 Å². The second-order valence-electron chi connectivity index (χ2n) is 4.27. The van der Waals surface area contributed by atoms with E-state index in [1.54, 1.807) is 13.3 Å². The molecule has 1 N–H and O–H groups in total. The second kappa shape index (κ2) is 5.24. The normalized spacial score (nSPS) is 10.7. The fraction of sp³-hybridized carbons (Fsp3) is 0.0667. The van der Waals surface area contributed by atoms with Crippen LogP contribution in [0.3, 0.4) is 0 Å². The molecule has 0 aliphatic rings. The monoisotopic (exact) mass is 378 g/mol. The lowest BCUT2D eigenvalue weighted by Gasteiger charge is -2.09. The van der Waals surface area contributed by atoms with Crippen LogP contribution in [-0.2, 0) is 0 Å². The maximum atomic E-state index is 11.7. The zero-order chi connectivity index (χ0) is 14.1. The van der Waals surface area contributed by atoms with Crippen molar-refractivity contribution in [3.8, 4) is 17.1 Å². The summed E-state index contributed by atoms with van der Waals surface area (Å²) in [5.41, 5.74) is 0.755. The van der Waals surface area contributed by atoms with Crippen LogP contribution in [0.1, 0.15) is 0 Å². The van der Waals surface area contributed by atoms with Gasteiger partial charge in [0.1, 0.15) is 11.6 Å². The van der Waals surface area contributed by atoms with Crippen LogP contribution >= 0.6 is 22.6 Å². The van der Waals surface area contributed by atoms with Crippen LogP contribution in [0.2, 0.25) is 0 Å². The third kappa shape index (κ3) is 2.18. The van der Waals surface area contributed by atoms with E-state index < -0.39 is 0 Å². The molecule has 100 valence electrons. The topological polar surface area (TPSA) is 55.0 Å². The Bertz CT molecular complexity index is 843. The molecule has 0 amide bonds. The first-order valence-corrected chi connectivity index (χ1v) is 7.09. The molecule has 3 aromatic rings. The third-order valence-electron chi connectivity index (χ3n) is 3.11. The zero-order valence-electron chi connectivity index (χ0n) is 10.7. The highest BCUT2D eigenvalue weighted by atomic mass is 127. The van der Waals surface area contributed by atoms with E-state index in [9.17, 15) is 4.79 Å². The smallest absolute Gasteiger partial charge is 0.264 e. The number of methoxy groups -OCH3 is 1. The van der Waals surface area contributed by atoms with E-state index in [0.29, 0.717) is 9.39 Å². The Hall–Kier alpha value is -1.89. The number of benzene rings is 2. The summed E-state index contributed by atoms with van der Waals surface area (Å²) < 4.78 is 5.94. The number of halogens is 1. The van der Waals surface area contributed by atoms with Gasteiger partial charge in [0.25, 0.3) is 5.56 Å². The second-order valence-corrected chi connectivity index (χ2v) is 5.43. The number of fused-ring (bicyclic) bond motifs is 1. The van der Waals surface area contributed by atoms with E-state index in [1.165, 1.54) is 0 Å². The number of aromatic nitrogens is 2. The Labute approximate surface area is 129 Å². The summed E-state index contributed by atoms with van der Waals surface area (Å²) >= 11 is 1.96. The van der Waals surface area contributed by atoms with Crippen molar-refractivity contribution >= 4 is 33.4 Å². The molecule has 0 bridgehead atoms. The van der Waals surface area contributed by atoms with E-state index in [4.69, 9.17) is 4.74 Å². The van der Waals surface area contributed by atoms with Crippen molar-refractivity contribution < 1.29 is 4.74 Å². The number of aromatic amines is 1. The average Bonchev–Trinajstić information content (AvgIpc) is 2.49. The van der Waals surface area contributed by atoms with Gasteiger partial charge in [-0.05, 0) is 40.1 Å². The van der Waals surface area contributed by atoms with Crippen molar-refractivity contribution in [3.05, 3.63) is 56.5 Å². The Morgan fingerprint density at radius 1 is 1.15 bits per heavy atom. The summed E-state index contributed by atoms with van der Waals surface area (Å²) in [7, 11) is 1.65. The average molecular weight is 378 g/mol. The Morgan fingerprint density at radius 3 is 2.60 bits per heavy atom. The van der Waals surface area contributed by atoms with Crippen molar-refractivity contribution in [3.63, 3.8) is 0 Å². The molecule has 5 heteroatoms. The molecular formula is C15H11IN2O2. The molecule has 0 fully saturated rings. The predicted octanol–water partition coefficient (Wildman–Crippen LogP) is 3.20. The minimum Gasteiger partial charge on any atom is -0.496 e. The minimum atomic E-state index is -0.129. The molecular weight excluding hydrogens is 367 g/mol. The van der Waals surface area contributed by atoms with Gasteiger partial charge in [-0.25, -0.2) is 4.98 Å². The first-order chi connectivity index (χ1) is 9.70. The number of rotatable bonds is 2. The fourth-order valence-corrected chi connectivity index (χ4v) is 2.45. The first kappa shape index (κ1) is 13.1. The Kier molecular flexibility index (Phi) is 3.43. The SMILES string of the molecule is COc1ccc(-c2ncc(I)c(=O)[nH]2)c2ccccc12. The molecule has 2 aromatic carbocycles. The van der Waals surface area contributed by atoms with E-state index in [2.05, 4.69) is 9.97 Å². The number of ether oxygens (including phenoxy) is 1. The molecule has 1 heterocycles. The molecule has 0 unspecified atom stereocenters. The summed E-state index contributed by atoms with van der Waals surface area (Å²) in [4.78, 5) is 18.9. The molecule has 4 nitrogen and oxygen atoms in total. The van der Waals surface area contributed by atoms with Crippen molar-refractivity contribution in [2.24, 2.45) is 0 Å². The van der Waals surface area contributed by atoms with Gasteiger partial charge in [-0.1, -0.05) is 24.3 Å². The first-order valence-electron chi connectivity index (χ1n) is 6.01. The third-order valence-corrected chi connectivity index (χ3v) is 3.88. The lowest BCUT2D eigenvalue weighted by atomic mass is 10.0. The van der Waals surface area contributed by atoms with Gasteiger partial charge in [0.2, 0.25) is 0 Å². The Morgan fingerprint density at radius 2 is 1.90 bits per heavy atom. The van der Waals surface area contributed by atoms with Gasteiger partial charge in [-0.3, -0.25) is 4.79 Å². The van der Waals surface area contributed by atoms with Crippen molar-refractivity contribution in [1.29, 1.82) is 0 Å². The summed E-state index contributed by atoms with van der Waals surface area (Å²) in [5, 5.41) is 1.99. The van der Waals surface area contributed by atoms with Crippen LogP contribution in [0, 0.1) is 3.57 Å². The molecule has 0 atom stereocenters. The van der Waals surface area contributed by atoms with E-state index >= 15 is 0 Å². The van der Waals surface area contributed by atoms with Gasteiger partial charge in [0.05, 0.1) is 10.7 Å². The zero-order valence-corrected chi connectivity index (χ0v) is 12.8. The number of nitrogens with zero attached hydrogens (tertiary/aromatic N) is 1. The van der Waals surface area contributed by atoms with Gasteiger partial charge in [-0.2, -0.15) is 0 Å². The molecule has 20 heavy (non-hydrogen) atoms. The molecule has 0 radical (unpaired) electrons. The standard InChI is InChI=1S/C15H11IN2O2/c1-20-13-7-6-11(9-4-2-3-5-10(9)13)14-17-8-12(16)15(19)18-14/h2-8H,1H3,(H,17,18,19). The van der Waals surface area contributed by atoms with E-state index in [1.807, 2.05) is 59.0 Å². The largest absolute Gasteiger partial charge is 0.496 e. The molecule has 1 aromatic heterocycles. The van der Waals surface area contributed by atoms with Crippen molar-refractivity contribution in [1.82, 2.24) is 9.97 Å². The molecule has 0 spiro atoms. The highest BCUT2D eigenvalue weighted by molar-refractivity contribution is 14.1. The van der Waals surface area contributed by atoms with Gasteiger partial charge >= 0.3 is 0 Å². The van der Waals surface area contributed by atoms with Crippen LogP contribution in [0.25, 0.3) is 22.2 Å². The number of nitrogens with one attached hydrogen (secondary N) is 1. The summed E-state index contributed by atoms with van der Waals surface area (Å²) in [6.45, 7) is 0. The number of hydrogen-bond donors (Lipinski definition) is 1. The van der Waals surface area contributed by atoms with Crippen LogP contribution in [0.15, 0.2) is 47.4 Å². The molecule has 0 aliphatic heterocycles. The molecule has 3 rings (SSSR count). The van der Waals surface area contributed by atoms with Crippen molar-refractivity contribution in [2.45, 2.75) is 0 Å². The lowest BCUT2D eigenvalue weighted by molar-refractivity contribution is 0.420. The maximum absolute atomic E-state index is 11.7. The Balaban J connectivity index is 2.31. The van der Waals surface area contributed by atoms with E-state index in [-0.39, 0.29) is 5.56 Å². The maximum Gasteiger partial charge on any atom is 0.264 e. The predicted molar refractivity (Wildman–Crippen MR) is 87.1 cm³/mol. The lowest BCUT2D eigenvalue weighted by Crippen LogP contribution is -2.11. The van der Waals surface area contributed by atoms with Crippen LogP contribution < -0.4 is 10.3 Å². The minimum absolute atomic E-state index is 0.129. The summed E-state index contributed by atoms with van der Waals surface area (Å²) in [5.74, 6) is 1.37. The quantitative estimate of drug-likeness (QED) is 0.697. The molecule has 0 saturated carbocycles. The van der Waals surface area contributed by atoms with Gasteiger partial charge < -0.3 is 9.72 Å². The van der Waals surface area contributed by atoms with Gasteiger partial charge in [0.15, 0.2) is 0 Å². The van der Waals surface area contributed by atoms with E-state index in [0.717, 1.165) is 22.1 Å².